The van der Waals surface area contributed by atoms with Crippen molar-refractivity contribution in [3.63, 3.8) is 0 Å². The predicted molar refractivity (Wildman–Crippen MR) is 87.6 cm³/mol. The van der Waals surface area contributed by atoms with E-state index in [1.165, 1.54) is 12.1 Å². The zero-order chi connectivity index (χ0) is 17.2. The van der Waals surface area contributed by atoms with Gasteiger partial charge in [-0.1, -0.05) is 38.8 Å². The van der Waals surface area contributed by atoms with Crippen molar-refractivity contribution in [1.29, 1.82) is 0 Å². The molecule has 0 bridgehead atoms. The number of carbonyl (C=O) groups is 2. The van der Waals surface area contributed by atoms with Crippen LogP contribution in [-0.2, 0) is 4.74 Å². The van der Waals surface area contributed by atoms with Crippen molar-refractivity contribution in [2.45, 2.75) is 52.1 Å². The van der Waals surface area contributed by atoms with E-state index in [1.54, 1.807) is 12.1 Å². The minimum absolute atomic E-state index is 0.0493. The molecule has 2 unspecified atom stereocenters. The number of aromatic carboxylic acids is 1. The molecule has 0 aliphatic carbocycles. The number of ether oxygens (including phenoxy) is 1. The molecule has 1 aromatic carbocycles. The minimum Gasteiger partial charge on any atom is -0.478 e. The number of aliphatic hydroxyl groups is 1. The van der Waals surface area contributed by atoms with E-state index in [9.17, 15) is 19.8 Å². The number of carbonyl (C=O) groups excluding carboxylic acids is 1. The first-order valence-electron chi connectivity index (χ1n) is 8.19. The zero-order valence-corrected chi connectivity index (χ0v) is 13.8. The lowest BCUT2D eigenvalue weighted by Crippen LogP contribution is -2.28. The summed E-state index contributed by atoms with van der Waals surface area (Å²) in [5, 5.41) is 18.4. The summed E-state index contributed by atoms with van der Waals surface area (Å²) >= 11 is 0. The van der Waals surface area contributed by atoms with Gasteiger partial charge in [0.1, 0.15) is 6.10 Å². The molecule has 0 heterocycles. The smallest absolute Gasteiger partial charge is 0.339 e. The molecule has 0 amide bonds. The van der Waals surface area contributed by atoms with E-state index in [2.05, 4.69) is 6.92 Å². The van der Waals surface area contributed by atoms with E-state index in [4.69, 9.17) is 4.74 Å². The summed E-state index contributed by atoms with van der Waals surface area (Å²) in [5.41, 5.74) is -0.0184. The number of carboxylic acid groups (broad SMARTS) is 1. The summed E-state index contributed by atoms with van der Waals surface area (Å²) in [4.78, 5) is 23.6. The summed E-state index contributed by atoms with van der Waals surface area (Å²) < 4.78 is 5.56. The molecule has 0 spiro atoms. The van der Waals surface area contributed by atoms with Gasteiger partial charge < -0.3 is 14.9 Å². The molecule has 0 saturated heterocycles. The number of hydrogen-bond donors (Lipinski definition) is 2. The number of hydrogen-bond acceptors (Lipinski definition) is 4. The maximum atomic E-state index is 12.4. The van der Waals surface area contributed by atoms with Crippen molar-refractivity contribution < 1.29 is 24.5 Å². The first-order valence-corrected chi connectivity index (χ1v) is 8.19. The predicted octanol–water partition coefficient (Wildman–Crippen LogP) is 3.51. The fourth-order valence-electron chi connectivity index (χ4n) is 2.69. The highest BCUT2D eigenvalue weighted by Crippen LogP contribution is 2.23. The molecule has 5 nitrogen and oxygen atoms in total. The van der Waals surface area contributed by atoms with Gasteiger partial charge in [0.2, 0.25) is 0 Å². The second kappa shape index (κ2) is 10.0. The maximum absolute atomic E-state index is 12.4. The van der Waals surface area contributed by atoms with Gasteiger partial charge in [-0.25, -0.2) is 9.59 Å². The highest BCUT2D eigenvalue weighted by molar-refractivity contribution is 6.02. The lowest BCUT2D eigenvalue weighted by Gasteiger charge is -2.26. The highest BCUT2D eigenvalue weighted by Gasteiger charge is 2.25. The molecule has 0 aliphatic rings. The Labute approximate surface area is 137 Å². The Morgan fingerprint density at radius 2 is 1.78 bits per heavy atom. The lowest BCUT2D eigenvalue weighted by atomic mass is 9.91. The summed E-state index contributed by atoms with van der Waals surface area (Å²) in [6.07, 6.45) is 3.82. The third-order valence-corrected chi connectivity index (χ3v) is 4.03. The molecule has 0 fully saturated rings. The lowest BCUT2D eigenvalue weighted by molar-refractivity contribution is 0.00315. The molecule has 5 heteroatoms. The molecular formula is C18H26O5. The van der Waals surface area contributed by atoms with Crippen LogP contribution in [0.3, 0.4) is 0 Å². The second-order valence-electron chi connectivity index (χ2n) is 5.62. The topological polar surface area (TPSA) is 83.8 Å². The molecule has 2 N–H and O–H groups in total. The Balaban J connectivity index is 2.91. The van der Waals surface area contributed by atoms with Crippen LogP contribution in [-0.4, -0.2) is 34.9 Å². The fraction of sp³-hybridized carbons (Fsp3) is 0.556. The summed E-state index contributed by atoms with van der Waals surface area (Å²) in [5.74, 6) is -1.63. The molecule has 128 valence electrons. The van der Waals surface area contributed by atoms with Crippen LogP contribution >= 0.6 is 0 Å². The van der Waals surface area contributed by atoms with E-state index in [1.807, 2.05) is 6.92 Å². The number of aliphatic hydroxyl groups excluding tert-OH is 1. The first-order chi connectivity index (χ1) is 11.0. The average molecular weight is 322 g/mol. The van der Waals surface area contributed by atoms with Gasteiger partial charge in [0.25, 0.3) is 0 Å². The number of esters is 1. The fourth-order valence-corrected chi connectivity index (χ4v) is 2.69. The van der Waals surface area contributed by atoms with Crippen LogP contribution in [0.4, 0.5) is 0 Å². The van der Waals surface area contributed by atoms with Gasteiger partial charge in [-0.05, 0) is 30.9 Å². The quantitative estimate of drug-likeness (QED) is 0.644. The van der Waals surface area contributed by atoms with Crippen LogP contribution in [0.15, 0.2) is 24.3 Å². The molecular weight excluding hydrogens is 296 g/mol. The Hall–Kier alpha value is -1.88. The van der Waals surface area contributed by atoms with Gasteiger partial charge in [-0.2, -0.15) is 0 Å². The van der Waals surface area contributed by atoms with E-state index in [0.717, 1.165) is 25.7 Å². The van der Waals surface area contributed by atoms with Crippen molar-refractivity contribution in [3.8, 4) is 0 Å². The minimum atomic E-state index is -1.16. The van der Waals surface area contributed by atoms with Gasteiger partial charge in [-0.3, -0.25) is 0 Å². The molecule has 23 heavy (non-hydrogen) atoms. The molecule has 0 aromatic heterocycles. The van der Waals surface area contributed by atoms with Gasteiger partial charge in [0.05, 0.1) is 11.1 Å². The van der Waals surface area contributed by atoms with Crippen LogP contribution in [0.1, 0.15) is 66.7 Å². The second-order valence-corrected chi connectivity index (χ2v) is 5.62. The van der Waals surface area contributed by atoms with Crippen molar-refractivity contribution in [2.24, 2.45) is 5.92 Å². The van der Waals surface area contributed by atoms with Crippen LogP contribution < -0.4 is 0 Å². The van der Waals surface area contributed by atoms with Crippen molar-refractivity contribution in [1.82, 2.24) is 0 Å². The molecule has 0 aliphatic heterocycles. The molecule has 0 radical (unpaired) electrons. The first kappa shape index (κ1) is 19.2. The number of carboxylic acids is 1. The van der Waals surface area contributed by atoms with Gasteiger partial charge >= 0.3 is 11.9 Å². The number of unbranched alkanes of at least 4 members (excludes halogenated alkanes) is 1. The van der Waals surface area contributed by atoms with Crippen LogP contribution in [0.25, 0.3) is 0 Å². The van der Waals surface area contributed by atoms with Gasteiger partial charge in [-0.15, -0.1) is 0 Å². The summed E-state index contributed by atoms with van der Waals surface area (Å²) in [7, 11) is 0. The largest absolute Gasteiger partial charge is 0.478 e. The maximum Gasteiger partial charge on any atom is 0.339 e. The third-order valence-electron chi connectivity index (χ3n) is 4.03. The Morgan fingerprint density at radius 1 is 1.13 bits per heavy atom. The average Bonchev–Trinajstić information content (AvgIpc) is 2.55. The van der Waals surface area contributed by atoms with E-state index >= 15 is 0 Å². The van der Waals surface area contributed by atoms with Crippen molar-refractivity contribution >= 4 is 11.9 Å². The van der Waals surface area contributed by atoms with Crippen LogP contribution in [0, 0.1) is 5.92 Å². The molecule has 1 rings (SSSR count). The Bertz CT molecular complexity index is 512. The number of benzene rings is 1. The SMILES string of the molecule is CCCCC(CC)C(CCO)OC(=O)c1ccccc1C(=O)O. The standard InChI is InChI=1S/C18H26O5/c1-3-5-8-13(4-2)16(11-12-19)23-18(22)15-10-7-6-9-14(15)17(20)21/h6-7,9-10,13,16,19H,3-5,8,11-12H2,1-2H3,(H,20,21). The number of rotatable bonds is 10. The van der Waals surface area contributed by atoms with Crippen LogP contribution in [0.2, 0.25) is 0 Å². The highest BCUT2D eigenvalue weighted by atomic mass is 16.5. The van der Waals surface area contributed by atoms with Gasteiger partial charge in [0, 0.05) is 13.0 Å². The van der Waals surface area contributed by atoms with Crippen molar-refractivity contribution in [3.05, 3.63) is 35.4 Å². The normalized spacial score (nSPS) is 13.3. The monoisotopic (exact) mass is 322 g/mol. The van der Waals surface area contributed by atoms with Crippen LogP contribution in [0.5, 0.6) is 0 Å². The van der Waals surface area contributed by atoms with E-state index in [-0.39, 0.29) is 23.7 Å². The zero-order valence-electron chi connectivity index (χ0n) is 13.8. The Kier molecular flexibility index (Phi) is 8.33. The summed E-state index contributed by atoms with van der Waals surface area (Å²) in [6.45, 7) is 4.06. The van der Waals surface area contributed by atoms with Gasteiger partial charge in [0.15, 0.2) is 0 Å². The van der Waals surface area contributed by atoms with Crippen molar-refractivity contribution in [2.75, 3.05) is 6.61 Å². The summed E-state index contributed by atoms with van der Waals surface area (Å²) in [6, 6.07) is 6.02. The Morgan fingerprint density at radius 3 is 2.30 bits per heavy atom. The van der Waals surface area contributed by atoms with E-state index in [0.29, 0.717) is 6.42 Å². The molecule has 2 atom stereocenters. The third kappa shape index (κ3) is 5.67. The molecule has 0 saturated carbocycles. The molecule has 1 aromatic rings. The van der Waals surface area contributed by atoms with E-state index < -0.39 is 18.0 Å².